The lowest BCUT2D eigenvalue weighted by molar-refractivity contribution is 0.0426. The van der Waals surface area contributed by atoms with Crippen LogP contribution in [0.1, 0.15) is 52.0 Å². The maximum absolute atomic E-state index is 11.9. The van der Waals surface area contributed by atoms with E-state index in [0.717, 1.165) is 29.3 Å². The average molecular weight is 411 g/mol. The number of thiazole rings is 1. The van der Waals surface area contributed by atoms with Gasteiger partial charge in [-0.15, -0.1) is 11.3 Å². The second-order valence-corrected chi connectivity index (χ2v) is 9.46. The molecule has 1 N–H and O–H groups in total. The summed E-state index contributed by atoms with van der Waals surface area (Å²) in [6.45, 7) is 7.83. The van der Waals surface area contributed by atoms with Gasteiger partial charge in [0, 0.05) is 15.9 Å². The number of nitrogens with one attached hydrogen (secondary N) is 1. The number of fused-ring (bicyclic) bond motifs is 1. The van der Waals surface area contributed by atoms with Crippen LogP contribution in [0.25, 0.3) is 10.2 Å². The van der Waals surface area contributed by atoms with Crippen molar-refractivity contribution in [2.75, 3.05) is 0 Å². The first-order valence-electron chi connectivity index (χ1n) is 8.27. The van der Waals surface area contributed by atoms with Gasteiger partial charge in [-0.25, -0.2) is 9.78 Å². The van der Waals surface area contributed by atoms with Gasteiger partial charge in [0.05, 0.1) is 10.2 Å². The SMILES string of the molecule is CCC1(c2nc3cc(Br)ccc3s2)CC(NC(=O)OC(C)(C)C)C1. The fourth-order valence-electron chi connectivity index (χ4n) is 3.20. The highest BCUT2D eigenvalue weighted by atomic mass is 79.9. The van der Waals surface area contributed by atoms with Crippen molar-refractivity contribution >= 4 is 43.6 Å². The molecule has 6 heteroatoms. The Morgan fingerprint density at radius 2 is 2.17 bits per heavy atom. The van der Waals surface area contributed by atoms with Gasteiger partial charge in [-0.2, -0.15) is 0 Å². The van der Waals surface area contributed by atoms with Crippen LogP contribution >= 0.6 is 27.3 Å². The molecule has 3 rings (SSSR count). The predicted molar refractivity (Wildman–Crippen MR) is 102 cm³/mol. The van der Waals surface area contributed by atoms with Crippen molar-refractivity contribution in [3.8, 4) is 0 Å². The van der Waals surface area contributed by atoms with Crippen LogP contribution in [0, 0.1) is 0 Å². The van der Waals surface area contributed by atoms with E-state index in [-0.39, 0.29) is 17.6 Å². The summed E-state index contributed by atoms with van der Waals surface area (Å²) in [6.07, 6.45) is 2.54. The molecule has 0 saturated heterocycles. The quantitative estimate of drug-likeness (QED) is 0.737. The molecule has 1 aromatic carbocycles. The third-order valence-electron chi connectivity index (χ3n) is 4.48. The van der Waals surface area contributed by atoms with Crippen molar-refractivity contribution in [3.63, 3.8) is 0 Å². The molecule has 0 bridgehead atoms. The fourth-order valence-corrected chi connectivity index (χ4v) is 4.78. The molecule has 1 amide bonds. The van der Waals surface area contributed by atoms with Gasteiger partial charge in [0.2, 0.25) is 0 Å². The normalized spacial score (nSPS) is 23.8. The Morgan fingerprint density at radius 1 is 1.46 bits per heavy atom. The lowest BCUT2D eigenvalue weighted by Gasteiger charge is -2.46. The number of nitrogens with zero attached hydrogens (tertiary/aromatic N) is 1. The molecule has 1 aromatic heterocycles. The number of alkyl carbamates (subject to hydrolysis) is 1. The molecule has 0 aliphatic heterocycles. The topological polar surface area (TPSA) is 51.2 Å². The Kier molecular flexibility index (Phi) is 4.64. The summed E-state index contributed by atoms with van der Waals surface area (Å²) >= 11 is 5.27. The smallest absolute Gasteiger partial charge is 0.407 e. The van der Waals surface area contributed by atoms with Crippen LogP contribution in [-0.2, 0) is 10.2 Å². The van der Waals surface area contributed by atoms with Gasteiger partial charge < -0.3 is 10.1 Å². The molecular weight excluding hydrogens is 388 g/mol. The number of halogens is 1. The highest BCUT2D eigenvalue weighted by Crippen LogP contribution is 2.48. The molecule has 1 aliphatic carbocycles. The van der Waals surface area contributed by atoms with E-state index in [1.54, 1.807) is 11.3 Å². The summed E-state index contributed by atoms with van der Waals surface area (Å²) in [4.78, 5) is 16.8. The predicted octanol–water partition coefficient (Wildman–Crippen LogP) is 5.39. The third kappa shape index (κ3) is 3.59. The van der Waals surface area contributed by atoms with Crippen molar-refractivity contribution in [2.24, 2.45) is 0 Å². The summed E-state index contributed by atoms with van der Waals surface area (Å²) in [5.74, 6) is 0. The molecule has 1 aliphatic rings. The minimum atomic E-state index is -0.462. The molecule has 24 heavy (non-hydrogen) atoms. The molecule has 0 unspecified atom stereocenters. The van der Waals surface area contributed by atoms with Crippen molar-refractivity contribution < 1.29 is 9.53 Å². The zero-order valence-electron chi connectivity index (χ0n) is 14.5. The minimum Gasteiger partial charge on any atom is -0.444 e. The summed E-state index contributed by atoms with van der Waals surface area (Å²) in [6, 6.07) is 6.39. The standard InChI is InChI=1S/C18H23BrN2O2S/c1-5-18(9-12(10-18)20-16(22)23-17(2,3)4)15-21-13-8-11(19)6-7-14(13)24-15/h6-8,12H,5,9-10H2,1-4H3,(H,20,22). The number of hydrogen-bond acceptors (Lipinski definition) is 4. The molecule has 0 atom stereocenters. The first-order chi connectivity index (χ1) is 11.2. The zero-order valence-corrected chi connectivity index (χ0v) is 16.9. The Morgan fingerprint density at radius 3 is 2.79 bits per heavy atom. The van der Waals surface area contributed by atoms with Crippen molar-refractivity contribution in [2.45, 2.75) is 64.0 Å². The van der Waals surface area contributed by atoms with Gasteiger partial charge >= 0.3 is 6.09 Å². The van der Waals surface area contributed by atoms with E-state index in [1.165, 1.54) is 9.71 Å². The molecule has 1 fully saturated rings. The number of amides is 1. The number of benzene rings is 1. The maximum atomic E-state index is 11.9. The summed E-state index contributed by atoms with van der Waals surface area (Å²) < 4.78 is 7.61. The van der Waals surface area contributed by atoms with Gasteiger partial charge in [-0.3, -0.25) is 0 Å². The maximum Gasteiger partial charge on any atom is 0.407 e. The van der Waals surface area contributed by atoms with Gasteiger partial charge in [0.15, 0.2) is 0 Å². The molecule has 4 nitrogen and oxygen atoms in total. The van der Waals surface area contributed by atoms with E-state index >= 15 is 0 Å². The number of rotatable bonds is 3. The Bertz CT molecular complexity index is 760. The minimum absolute atomic E-state index is 0.0792. The molecule has 1 saturated carbocycles. The monoisotopic (exact) mass is 410 g/mol. The van der Waals surface area contributed by atoms with Gasteiger partial charge in [0.1, 0.15) is 10.6 Å². The van der Waals surface area contributed by atoms with Gasteiger partial charge in [-0.1, -0.05) is 22.9 Å². The van der Waals surface area contributed by atoms with Crippen LogP contribution < -0.4 is 5.32 Å². The van der Waals surface area contributed by atoms with Crippen molar-refractivity contribution in [1.82, 2.24) is 10.3 Å². The largest absolute Gasteiger partial charge is 0.444 e. The lowest BCUT2D eigenvalue weighted by atomic mass is 9.64. The third-order valence-corrected chi connectivity index (χ3v) is 6.25. The number of carbonyl (C=O) groups is 1. The van der Waals surface area contributed by atoms with Crippen molar-refractivity contribution in [1.29, 1.82) is 0 Å². The lowest BCUT2D eigenvalue weighted by Crippen LogP contribution is -2.53. The van der Waals surface area contributed by atoms with E-state index in [4.69, 9.17) is 9.72 Å². The van der Waals surface area contributed by atoms with E-state index in [0.29, 0.717) is 0 Å². The zero-order chi connectivity index (χ0) is 17.5. The van der Waals surface area contributed by atoms with Crippen LogP contribution in [0.4, 0.5) is 4.79 Å². The van der Waals surface area contributed by atoms with Crippen LogP contribution in [0.3, 0.4) is 0 Å². The second kappa shape index (κ2) is 6.30. The van der Waals surface area contributed by atoms with Crippen LogP contribution in [0.15, 0.2) is 22.7 Å². The summed E-state index contributed by atoms with van der Waals surface area (Å²) in [5.41, 5.74) is 0.659. The first-order valence-corrected chi connectivity index (χ1v) is 9.88. The molecule has 130 valence electrons. The van der Waals surface area contributed by atoms with Crippen LogP contribution in [-0.4, -0.2) is 22.7 Å². The highest BCUT2D eigenvalue weighted by Gasteiger charge is 2.47. The fraction of sp³-hybridized carbons (Fsp3) is 0.556. The Hall–Kier alpha value is -1.14. The van der Waals surface area contributed by atoms with E-state index in [9.17, 15) is 4.79 Å². The summed E-state index contributed by atoms with van der Waals surface area (Å²) in [5, 5.41) is 4.16. The van der Waals surface area contributed by atoms with Gasteiger partial charge in [-0.05, 0) is 58.2 Å². The highest BCUT2D eigenvalue weighted by molar-refractivity contribution is 9.10. The Labute approximate surface area is 155 Å². The molecule has 0 radical (unpaired) electrons. The van der Waals surface area contributed by atoms with Gasteiger partial charge in [0.25, 0.3) is 0 Å². The van der Waals surface area contributed by atoms with Crippen LogP contribution in [0.2, 0.25) is 0 Å². The molecule has 0 spiro atoms. The average Bonchev–Trinajstić information content (AvgIpc) is 2.83. The first kappa shape index (κ1) is 17.7. The molecule has 2 aromatic rings. The number of aromatic nitrogens is 1. The van der Waals surface area contributed by atoms with E-state index < -0.39 is 5.60 Å². The number of ether oxygens (including phenoxy) is 1. The second-order valence-electron chi connectivity index (χ2n) is 7.52. The molecule has 1 heterocycles. The Balaban J connectivity index is 1.70. The summed E-state index contributed by atoms with van der Waals surface area (Å²) in [7, 11) is 0. The van der Waals surface area contributed by atoms with E-state index in [2.05, 4.69) is 46.4 Å². The number of hydrogen-bond donors (Lipinski definition) is 1. The van der Waals surface area contributed by atoms with E-state index in [1.807, 2.05) is 20.8 Å². The molecular formula is C18H23BrN2O2S. The van der Waals surface area contributed by atoms with Crippen LogP contribution in [0.5, 0.6) is 0 Å². The van der Waals surface area contributed by atoms with Crippen molar-refractivity contribution in [3.05, 3.63) is 27.7 Å². The number of carbonyl (C=O) groups excluding carboxylic acids is 1.